The summed E-state index contributed by atoms with van der Waals surface area (Å²) < 4.78 is 0. The molecule has 0 saturated heterocycles. The van der Waals surface area contributed by atoms with Crippen LogP contribution >= 0.6 is 12.6 Å². The van der Waals surface area contributed by atoms with E-state index >= 15 is 0 Å². The fraction of sp³-hybridized carbons (Fsp3) is 0.938. The number of hydrogen-bond acceptors (Lipinski definition) is 3. The molecule has 4 atom stereocenters. The van der Waals surface area contributed by atoms with Gasteiger partial charge < -0.3 is 5.73 Å². The van der Waals surface area contributed by atoms with E-state index < -0.39 is 5.41 Å². The van der Waals surface area contributed by atoms with Crippen molar-refractivity contribution >= 4 is 18.4 Å². The molecule has 3 unspecified atom stereocenters. The van der Waals surface area contributed by atoms with Crippen LogP contribution in [0.1, 0.15) is 54.4 Å². The van der Waals surface area contributed by atoms with E-state index in [1.807, 2.05) is 6.92 Å². The van der Waals surface area contributed by atoms with Crippen LogP contribution in [-0.4, -0.2) is 17.1 Å². The first kappa shape index (κ1) is 17.0. The Kier molecular flexibility index (Phi) is 5.53. The lowest BCUT2D eigenvalue weighted by molar-refractivity contribution is -0.130. The first-order chi connectivity index (χ1) is 8.63. The van der Waals surface area contributed by atoms with E-state index in [0.29, 0.717) is 17.8 Å². The number of carbonyl (C=O) groups is 1. The Hall–Kier alpha value is -0.0200. The van der Waals surface area contributed by atoms with E-state index in [4.69, 9.17) is 18.4 Å². The predicted molar refractivity (Wildman–Crippen MR) is 85.4 cm³/mol. The number of ketones is 1. The Morgan fingerprint density at radius 3 is 2.00 bits per heavy atom. The van der Waals surface area contributed by atoms with Gasteiger partial charge in [-0.15, -0.1) is 0 Å². The van der Waals surface area contributed by atoms with Gasteiger partial charge in [0.25, 0.3) is 0 Å². The highest BCUT2D eigenvalue weighted by Crippen LogP contribution is 2.48. The van der Waals surface area contributed by atoms with Gasteiger partial charge in [0, 0.05) is 16.7 Å². The second-order valence-electron chi connectivity index (χ2n) is 7.17. The summed E-state index contributed by atoms with van der Waals surface area (Å²) in [7, 11) is 0. The minimum absolute atomic E-state index is 0.0950. The zero-order chi connectivity index (χ0) is 15.0. The van der Waals surface area contributed by atoms with Crippen molar-refractivity contribution in [2.24, 2.45) is 34.8 Å². The Balaban J connectivity index is 3.04. The summed E-state index contributed by atoms with van der Waals surface area (Å²) in [4.78, 5) is 12.2. The number of nitrogens with two attached hydrogens (primary N) is 1. The van der Waals surface area contributed by atoms with Crippen molar-refractivity contribution in [3.8, 4) is 0 Å². The lowest BCUT2D eigenvalue weighted by atomic mass is 9.64. The number of rotatable bonds is 7. The topological polar surface area (TPSA) is 43.1 Å². The smallest absolute Gasteiger partial charge is 0.137 e. The number of carbonyl (C=O) groups excluding carboxylic acids is 1. The molecule has 0 spiro atoms. The molecule has 1 aliphatic carbocycles. The summed E-state index contributed by atoms with van der Waals surface area (Å²) >= 11 is 4.82. The molecule has 0 aromatic heterocycles. The minimum Gasteiger partial charge on any atom is -0.326 e. The molecule has 1 rings (SSSR count). The molecule has 0 aromatic rings. The van der Waals surface area contributed by atoms with Crippen LogP contribution in [0, 0.1) is 29.1 Å². The van der Waals surface area contributed by atoms with E-state index in [1.165, 1.54) is 12.8 Å². The summed E-state index contributed by atoms with van der Waals surface area (Å²) in [5.41, 5.74) is 6.17. The van der Waals surface area contributed by atoms with Crippen LogP contribution in [0.5, 0.6) is 0 Å². The van der Waals surface area contributed by atoms with Gasteiger partial charge in [-0.2, -0.15) is 12.6 Å². The fourth-order valence-corrected chi connectivity index (χ4v) is 3.56. The van der Waals surface area contributed by atoms with Crippen LogP contribution in [0.25, 0.3) is 0 Å². The summed E-state index contributed by atoms with van der Waals surface area (Å²) in [5, 5.41) is 0.278. The van der Waals surface area contributed by atoms with Crippen molar-refractivity contribution in [3.63, 3.8) is 0 Å². The molecule has 0 radical (unpaired) electrons. The van der Waals surface area contributed by atoms with Crippen LogP contribution in [-0.2, 0) is 4.79 Å². The average molecular weight is 285 g/mol. The highest BCUT2D eigenvalue weighted by molar-refractivity contribution is 7.81. The van der Waals surface area contributed by atoms with Crippen LogP contribution in [0.2, 0.25) is 0 Å². The van der Waals surface area contributed by atoms with Gasteiger partial charge in [-0.05, 0) is 43.4 Å². The Morgan fingerprint density at radius 1 is 1.26 bits per heavy atom. The maximum Gasteiger partial charge on any atom is 0.137 e. The SMILES string of the molecule is CC(=O)[C@](C)(C(C)C)C(N)C(C1CC1)C(S)C(C)C. The third-order valence-electron chi connectivity index (χ3n) is 5.31. The quantitative estimate of drug-likeness (QED) is 0.703. The zero-order valence-corrected chi connectivity index (χ0v) is 14.2. The maximum atomic E-state index is 12.2. The van der Waals surface area contributed by atoms with Gasteiger partial charge in [-0.25, -0.2) is 0 Å². The molecule has 0 heterocycles. The Labute approximate surface area is 124 Å². The van der Waals surface area contributed by atoms with E-state index in [9.17, 15) is 4.79 Å². The van der Waals surface area contributed by atoms with Gasteiger partial charge in [0.1, 0.15) is 5.78 Å². The van der Waals surface area contributed by atoms with Crippen LogP contribution < -0.4 is 5.73 Å². The number of hydrogen-bond donors (Lipinski definition) is 2. The second kappa shape index (κ2) is 6.17. The third kappa shape index (κ3) is 3.36. The van der Waals surface area contributed by atoms with Gasteiger partial charge in [0.15, 0.2) is 0 Å². The molecule has 2 nitrogen and oxygen atoms in total. The fourth-order valence-electron chi connectivity index (χ4n) is 3.14. The molecule has 0 aliphatic heterocycles. The van der Waals surface area contributed by atoms with Crippen molar-refractivity contribution in [2.45, 2.75) is 65.7 Å². The molecule has 1 fully saturated rings. The van der Waals surface area contributed by atoms with Crippen molar-refractivity contribution in [2.75, 3.05) is 0 Å². The first-order valence-electron chi connectivity index (χ1n) is 7.58. The summed E-state index contributed by atoms with van der Waals surface area (Å²) in [5.74, 6) is 1.97. The summed E-state index contributed by atoms with van der Waals surface area (Å²) in [6, 6.07) is -0.0950. The number of thiol groups is 1. The molecule has 19 heavy (non-hydrogen) atoms. The molecule has 0 aromatic carbocycles. The molecule has 3 heteroatoms. The van der Waals surface area contributed by atoms with Crippen LogP contribution in [0.4, 0.5) is 0 Å². The van der Waals surface area contributed by atoms with Crippen LogP contribution in [0.3, 0.4) is 0 Å². The summed E-state index contributed by atoms with van der Waals surface area (Å²) in [6.07, 6.45) is 2.49. The molecule has 2 N–H and O–H groups in total. The Bertz CT molecular complexity index is 325. The average Bonchev–Trinajstić information content (AvgIpc) is 3.11. The molecular weight excluding hydrogens is 254 g/mol. The Morgan fingerprint density at radius 2 is 1.74 bits per heavy atom. The van der Waals surface area contributed by atoms with Gasteiger partial charge in [0.05, 0.1) is 0 Å². The molecule has 0 bridgehead atoms. The first-order valence-corrected chi connectivity index (χ1v) is 8.10. The molecular formula is C16H31NOS. The minimum atomic E-state index is -0.441. The van der Waals surface area contributed by atoms with E-state index in [1.54, 1.807) is 6.92 Å². The van der Waals surface area contributed by atoms with Gasteiger partial charge in [0.2, 0.25) is 0 Å². The van der Waals surface area contributed by atoms with Crippen LogP contribution in [0.15, 0.2) is 0 Å². The van der Waals surface area contributed by atoms with E-state index in [2.05, 4.69) is 27.7 Å². The largest absolute Gasteiger partial charge is 0.326 e. The lowest BCUT2D eigenvalue weighted by Crippen LogP contribution is -2.55. The second-order valence-corrected chi connectivity index (χ2v) is 7.77. The highest BCUT2D eigenvalue weighted by atomic mass is 32.1. The predicted octanol–water partition coefficient (Wildman–Crippen LogP) is 3.55. The summed E-state index contributed by atoms with van der Waals surface area (Å²) in [6.45, 7) is 12.3. The maximum absolute atomic E-state index is 12.2. The van der Waals surface area contributed by atoms with Crippen molar-refractivity contribution in [1.82, 2.24) is 0 Å². The van der Waals surface area contributed by atoms with Crippen molar-refractivity contribution in [1.29, 1.82) is 0 Å². The van der Waals surface area contributed by atoms with Crippen molar-refractivity contribution in [3.05, 3.63) is 0 Å². The monoisotopic (exact) mass is 285 g/mol. The van der Waals surface area contributed by atoms with E-state index in [0.717, 1.165) is 0 Å². The molecule has 1 aliphatic rings. The highest BCUT2D eigenvalue weighted by Gasteiger charge is 2.49. The zero-order valence-electron chi connectivity index (χ0n) is 13.3. The molecule has 112 valence electrons. The van der Waals surface area contributed by atoms with E-state index in [-0.39, 0.29) is 23.0 Å². The van der Waals surface area contributed by atoms with Gasteiger partial charge in [-0.3, -0.25) is 4.79 Å². The lowest BCUT2D eigenvalue weighted by Gasteiger charge is -2.44. The normalized spacial score (nSPS) is 24.1. The standard InChI is InChI=1S/C16H31NOS/c1-9(2)14(19)13(12-7-8-12)15(17)16(6,10(3)4)11(5)18/h9-10,12-15,19H,7-8,17H2,1-6H3/t13?,14?,15?,16-/m0/s1. The number of Topliss-reactive ketones (excluding diaryl/α,β-unsaturated/α-hetero) is 1. The van der Waals surface area contributed by atoms with Crippen molar-refractivity contribution < 1.29 is 4.79 Å². The molecule has 1 saturated carbocycles. The third-order valence-corrected chi connectivity index (χ3v) is 6.25. The van der Waals surface area contributed by atoms with Gasteiger partial charge in [-0.1, -0.05) is 34.6 Å². The van der Waals surface area contributed by atoms with Gasteiger partial charge >= 0.3 is 0 Å². The molecule has 0 amide bonds.